The predicted molar refractivity (Wildman–Crippen MR) is 67.7 cm³/mol. The first-order chi connectivity index (χ1) is 8.40. The van der Waals surface area contributed by atoms with Gasteiger partial charge < -0.3 is 10.2 Å². The lowest BCUT2D eigenvalue weighted by atomic mass is 10.1. The summed E-state index contributed by atoms with van der Waals surface area (Å²) >= 11 is 0. The van der Waals surface area contributed by atoms with E-state index in [-0.39, 0.29) is 11.9 Å². The number of anilines is 1. The molecule has 0 fully saturated rings. The van der Waals surface area contributed by atoms with E-state index in [4.69, 9.17) is 10.2 Å². The fourth-order valence-corrected chi connectivity index (χ4v) is 2.13. The van der Waals surface area contributed by atoms with E-state index in [1.165, 1.54) is 10.6 Å². The van der Waals surface area contributed by atoms with Crippen LogP contribution in [0.4, 0.5) is 5.82 Å². The number of furan rings is 1. The Morgan fingerprint density at radius 3 is 2.50 bits per heavy atom. The van der Waals surface area contributed by atoms with Gasteiger partial charge in [0.15, 0.2) is 0 Å². The monoisotopic (exact) mass is 249 g/mol. The number of H-pyrrole nitrogens is 1. The Bertz CT molecular complexity index is 693. The van der Waals surface area contributed by atoms with Crippen molar-refractivity contribution < 1.29 is 4.42 Å². The molecule has 0 saturated heterocycles. The maximum absolute atomic E-state index is 11.8. The molecule has 6 nitrogen and oxygen atoms in total. The molecular formula is C12H15N3O3. The Balaban J connectivity index is 2.60. The third-order valence-electron chi connectivity index (χ3n) is 2.92. The summed E-state index contributed by atoms with van der Waals surface area (Å²) < 4.78 is 6.76. The van der Waals surface area contributed by atoms with Crippen molar-refractivity contribution in [2.24, 2.45) is 0 Å². The van der Waals surface area contributed by atoms with E-state index in [9.17, 15) is 9.59 Å². The predicted octanol–water partition coefficient (Wildman–Crippen LogP) is 0.938. The minimum absolute atomic E-state index is 0.134. The summed E-state index contributed by atoms with van der Waals surface area (Å²) in [4.78, 5) is 25.1. The van der Waals surface area contributed by atoms with Gasteiger partial charge >= 0.3 is 5.69 Å². The zero-order chi connectivity index (χ0) is 13.4. The number of rotatable bonds is 2. The molecule has 0 aliphatic heterocycles. The maximum atomic E-state index is 11.8. The fraction of sp³-hybridized carbons (Fsp3) is 0.333. The molecule has 96 valence electrons. The van der Waals surface area contributed by atoms with Crippen LogP contribution in [0.2, 0.25) is 0 Å². The first-order valence-electron chi connectivity index (χ1n) is 5.58. The van der Waals surface area contributed by atoms with E-state index >= 15 is 0 Å². The van der Waals surface area contributed by atoms with E-state index in [2.05, 4.69) is 4.98 Å². The Kier molecular flexibility index (Phi) is 2.86. The molecular weight excluding hydrogens is 234 g/mol. The number of nitrogens with two attached hydrogens (primary N) is 1. The molecule has 0 bridgehead atoms. The van der Waals surface area contributed by atoms with Gasteiger partial charge in [-0.1, -0.05) is 0 Å². The smallest absolute Gasteiger partial charge is 0.330 e. The van der Waals surface area contributed by atoms with Gasteiger partial charge in [-0.05, 0) is 26.8 Å². The lowest BCUT2D eigenvalue weighted by Gasteiger charge is -2.16. The van der Waals surface area contributed by atoms with E-state index in [1.54, 1.807) is 0 Å². The molecule has 0 aromatic carbocycles. The number of aromatic amines is 1. The largest absolute Gasteiger partial charge is 0.466 e. The second-order valence-corrected chi connectivity index (χ2v) is 4.28. The van der Waals surface area contributed by atoms with Gasteiger partial charge in [-0.2, -0.15) is 0 Å². The second-order valence-electron chi connectivity index (χ2n) is 4.28. The number of aromatic nitrogens is 2. The average Bonchev–Trinajstić information content (AvgIpc) is 2.56. The summed E-state index contributed by atoms with van der Waals surface area (Å²) in [5.74, 6) is 1.64. The minimum Gasteiger partial charge on any atom is -0.466 e. The van der Waals surface area contributed by atoms with Crippen molar-refractivity contribution in [3.05, 3.63) is 50.1 Å². The van der Waals surface area contributed by atoms with Gasteiger partial charge in [-0.3, -0.25) is 14.3 Å². The summed E-state index contributed by atoms with van der Waals surface area (Å²) in [6.45, 7) is 5.49. The summed E-state index contributed by atoms with van der Waals surface area (Å²) in [5.41, 5.74) is 5.58. The van der Waals surface area contributed by atoms with Crippen molar-refractivity contribution in [1.82, 2.24) is 9.55 Å². The van der Waals surface area contributed by atoms with Crippen molar-refractivity contribution in [2.45, 2.75) is 26.8 Å². The summed E-state index contributed by atoms with van der Waals surface area (Å²) in [5, 5.41) is 0. The number of hydrogen-bond donors (Lipinski definition) is 2. The van der Waals surface area contributed by atoms with Crippen LogP contribution in [0.25, 0.3) is 0 Å². The number of hydrogen-bond acceptors (Lipinski definition) is 4. The lowest BCUT2D eigenvalue weighted by Crippen LogP contribution is -2.33. The number of nitrogens with zero attached hydrogens (tertiary/aromatic N) is 1. The van der Waals surface area contributed by atoms with Gasteiger partial charge in [-0.25, -0.2) is 4.79 Å². The van der Waals surface area contributed by atoms with Crippen LogP contribution in [0.3, 0.4) is 0 Å². The molecule has 2 heterocycles. The molecule has 0 amide bonds. The fourth-order valence-electron chi connectivity index (χ4n) is 2.13. The van der Waals surface area contributed by atoms with E-state index < -0.39 is 11.2 Å². The van der Waals surface area contributed by atoms with Crippen LogP contribution in [0, 0.1) is 13.8 Å². The first-order valence-corrected chi connectivity index (χ1v) is 5.58. The summed E-state index contributed by atoms with van der Waals surface area (Å²) in [6.07, 6.45) is 0. The average molecular weight is 249 g/mol. The highest BCUT2D eigenvalue weighted by Crippen LogP contribution is 2.24. The highest BCUT2D eigenvalue weighted by molar-refractivity contribution is 5.32. The Hall–Kier alpha value is -2.24. The molecule has 0 spiro atoms. The maximum Gasteiger partial charge on any atom is 0.330 e. The van der Waals surface area contributed by atoms with Gasteiger partial charge in [0.1, 0.15) is 17.3 Å². The first kappa shape index (κ1) is 12.2. The van der Waals surface area contributed by atoms with E-state index in [1.807, 2.05) is 26.8 Å². The molecule has 3 N–H and O–H groups in total. The third kappa shape index (κ3) is 1.97. The molecule has 1 unspecified atom stereocenters. The molecule has 18 heavy (non-hydrogen) atoms. The topological polar surface area (TPSA) is 94.0 Å². The van der Waals surface area contributed by atoms with Crippen LogP contribution < -0.4 is 17.0 Å². The van der Waals surface area contributed by atoms with Crippen molar-refractivity contribution >= 4 is 5.82 Å². The van der Waals surface area contributed by atoms with Gasteiger partial charge in [-0.15, -0.1) is 0 Å². The molecule has 0 saturated carbocycles. The van der Waals surface area contributed by atoms with E-state index in [0.717, 1.165) is 17.1 Å². The van der Waals surface area contributed by atoms with Gasteiger partial charge in [0.2, 0.25) is 0 Å². The third-order valence-corrected chi connectivity index (χ3v) is 2.92. The molecule has 1 atom stereocenters. The van der Waals surface area contributed by atoms with Crippen LogP contribution in [-0.4, -0.2) is 9.55 Å². The van der Waals surface area contributed by atoms with E-state index in [0.29, 0.717) is 0 Å². The standard InChI is InChI=1S/C12H15N3O3/c1-6-4-9(8(3)18-6)7(2)15-10(13)5-11(16)14-12(15)17/h4-5,7H,13H2,1-3H3,(H,14,16,17). The zero-order valence-electron chi connectivity index (χ0n) is 10.5. The molecule has 0 radical (unpaired) electrons. The molecule has 2 aromatic rings. The van der Waals surface area contributed by atoms with Crippen molar-refractivity contribution in [2.75, 3.05) is 5.73 Å². The number of nitrogens with one attached hydrogen (secondary N) is 1. The SMILES string of the molecule is Cc1cc(C(C)n2c(N)cc(=O)[nH]c2=O)c(C)o1. The zero-order valence-corrected chi connectivity index (χ0v) is 10.5. The summed E-state index contributed by atoms with van der Waals surface area (Å²) in [7, 11) is 0. The second kappa shape index (κ2) is 4.21. The highest BCUT2D eigenvalue weighted by atomic mass is 16.3. The molecule has 2 aromatic heterocycles. The number of nitrogen functional groups attached to an aromatic ring is 1. The highest BCUT2D eigenvalue weighted by Gasteiger charge is 2.17. The van der Waals surface area contributed by atoms with Crippen LogP contribution in [0.5, 0.6) is 0 Å². The Morgan fingerprint density at radius 2 is 2.00 bits per heavy atom. The molecule has 0 aliphatic carbocycles. The van der Waals surface area contributed by atoms with Crippen molar-refractivity contribution in [3.8, 4) is 0 Å². The minimum atomic E-state index is -0.522. The molecule has 2 rings (SSSR count). The lowest BCUT2D eigenvalue weighted by molar-refractivity contribution is 0.492. The van der Waals surface area contributed by atoms with Crippen LogP contribution >= 0.6 is 0 Å². The molecule has 0 aliphatic rings. The molecule has 6 heteroatoms. The Morgan fingerprint density at radius 1 is 1.33 bits per heavy atom. The van der Waals surface area contributed by atoms with Crippen LogP contribution in [0.1, 0.15) is 30.0 Å². The van der Waals surface area contributed by atoms with Crippen molar-refractivity contribution in [3.63, 3.8) is 0 Å². The van der Waals surface area contributed by atoms with Crippen LogP contribution in [-0.2, 0) is 0 Å². The summed E-state index contributed by atoms with van der Waals surface area (Å²) in [6, 6.07) is 2.75. The quantitative estimate of drug-likeness (QED) is 0.828. The van der Waals surface area contributed by atoms with Gasteiger partial charge in [0.05, 0.1) is 6.04 Å². The van der Waals surface area contributed by atoms with Crippen LogP contribution in [0.15, 0.2) is 26.1 Å². The normalized spacial score (nSPS) is 12.6. The van der Waals surface area contributed by atoms with Crippen molar-refractivity contribution in [1.29, 1.82) is 0 Å². The number of aryl methyl sites for hydroxylation is 2. The van der Waals surface area contributed by atoms with Gasteiger partial charge in [0.25, 0.3) is 5.56 Å². The Labute approximate surface area is 103 Å². The van der Waals surface area contributed by atoms with Gasteiger partial charge in [0, 0.05) is 11.6 Å².